The minimum atomic E-state index is -0.190. The van der Waals surface area contributed by atoms with Crippen molar-refractivity contribution in [2.45, 2.75) is 57.6 Å². The fourth-order valence-corrected chi connectivity index (χ4v) is 3.67. The number of hydrogen-bond acceptors (Lipinski definition) is 2. The second kappa shape index (κ2) is 6.91. The summed E-state index contributed by atoms with van der Waals surface area (Å²) in [4.78, 5) is 0. The summed E-state index contributed by atoms with van der Waals surface area (Å²) in [6, 6.07) is 0. The summed E-state index contributed by atoms with van der Waals surface area (Å²) in [5, 5.41) is 0.686. The molecule has 1 aliphatic carbocycles. The minimum Gasteiger partial charge on any atom is -0.312 e. The molecular weight excluding hydrogens is 212 g/mol. The van der Waals surface area contributed by atoms with E-state index in [-0.39, 0.29) is 9.74 Å². The van der Waals surface area contributed by atoms with E-state index in [0.29, 0.717) is 5.25 Å². The lowest BCUT2D eigenvalue weighted by atomic mass is 10.0. The Kier molecular flexibility index (Phi) is 6.22. The van der Waals surface area contributed by atoms with Gasteiger partial charge in [0.05, 0.1) is 6.61 Å². The van der Waals surface area contributed by atoms with Gasteiger partial charge in [-0.3, -0.25) is 0 Å². The standard InChI is InChI=1S/C11H22OS2/c1-10(2)8-9-12-14(13)11-6-4-3-5-7-11/h10-11H,3-9H2,1-2H3. The van der Waals surface area contributed by atoms with E-state index < -0.39 is 0 Å². The van der Waals surface area contributed by atoms with Crippen molar-refractivity contribution < 1.29 is 4.18 Å². The molecule has 0 heterocycles. The van der Waals surface area contributed by atoms with Gasteiger partial charge in [-0.2, -0.15) is 0 Å². The zero-order valence-electron chi connectivity index (χ0n) is 9.33. The fraction of sp³-hybridized carbons (Fsp3) is 1.00. The molecule has 1 unspecified atom stereocenters. The monoisotopic (exact) mass is 234 g/mol. The Morgan fingerprint density at radius 1 is 1.29 bits per heavy atom. The molecule has 1 fully saturated rings. The second-order valence-electron chi connectivity index (χ2n) is 4.53. The molecule has 0 radical (unpaired) electrons. The average molecular weight is 234 g/mol. The maximum absolute atomic E-state index is 5.73. The van der Waals surface area contributed by atoms with E-state index in [1.54, 1.807) is 0 Å². The van der Waals surface area contributed by atoms with Crippen molar-refractivity contribution in [1.29, 1.82) is 0 Å². The van der Waals surface area contributed by atoms with Crippen LogP contribution in [-0.2, 0) is 25.1 Å². The van der Waals surface area contributed by atoms with Crippen LogP contribution in [0.2, 0.25) is 0 Å². The Balaban J connectivity index is 2.13. The van der Waals surface area contributed by atoms with Crippen molar-refractivity contribution in [1.82, 2.24) is 0 Å². The SMILES string of the molecule is CC(C)CCOS(=S)C1CCCCC1. The van der Waals surface area contributed by atoms with Crippen LogP contribution in [0.4, 0.5) is 0 Å². The number of rotatable bonds is 5. The highest BCUT2D eigenvalue weighted by atomic mass is 32.8. The Bertz CT molecular complexity index is 174. The van der Waals surface area contributed by atoms with Gasteiger partial charge >= 0.3 is 0 Å². The molecule has 0 amide bonds. The van der Waals surface area contributed by atoms with Crippen LogP contribution in [-0.4, -0.2) is 11.9 Å². The topological polar surface area (TPSA) is 9.23 Å². The molecule has 0 aromatic rings. The van der Waals surface area contributed by atoms with Crippen molar-refractivity contribution in [2.24, 2.45) is 5.92 Å². The Morgan fingerprint density at radius 3 is 2.50 bits per heavy atom. The molecule has 0 saturated heterocycles. The zero-order chi connectivity index (χ0) is 10.4. The summed E-state index contributed by atoms with van der Waals surface area (Å²) in [5.74, 6) is 0.730. The van der Waals surface area contributed by atoms with E-state index in [1.807, 2.05) is 0 Å². The van der Waals surface area contributed by atoms with Crippen molar-refractivity contribution in [3.05, 3.63) is 0 Å². The molecule has 1 rings (SSSR count). The quantitative estimate of drug-likeness (QED) is 0.721. The van der Waals surface area contributed by atoms with E-state index in [9.17, 15) is 0 Å². The van der Waals surface area contributed by atoms with Crippen LogP contribution in [0.3, 0.4) is 0 Å². The van der Waals surface area contributed by atoms with Crippen LogP contribution in [0, 0.1) is 5.92 Å². The number of hydrogen-bond donors (Lipinski definition) is 0. The van der Waals surface area contributed by atoms with E-state index >= 15 is 0 Å². The molecule has 1 saturated carbocycles. The summed E-state index contributed by atoms with van der Waals surface area (Å²) >= 11 is 5.41. The van der Waals surface area contributed by atoms with Gasteiger partial charge in [0.15, 0.2) is 0 Å². The molecule has 0 aromatic heterocycles. The second-order valence-corrected chi connectivity index (χ2v) is 6.93. The van der Waals surface area contributed by atoms with Gasteiger partial charge in [-0.05, 0) is 36.4 Å². The van der Waals surface area contributed by atoms with Crippen LogP contribution in [0.25, 0.3) is 0 Å². The van der Waals surface area contributed by atoms with E-state index in [1.165, 1.54) is 32.1 Å². The lowest BCUT2D eigenvalue weighted by Crippen LogP contribution is -2.20. The van der Waals surface area contributed by atoms with Gasteiger partial charge in [0.1, 0.15) is 0 Å². The largest absolute Gasteiger partial charge is 0.312 e. The Morgan fingerprint density at radius 2 is 1.93 bits per heavy atom. The first kappa shape index (κ1) is 12.6. The van der Waals surface area contributed by atoms with Gasteiger partial charge in [-0.15, -0.1) is 0 Å². The first-order chi connectivity index (χ1) is 6.70. The highest BCUT2D eigenvalue weighted by molar-refractivity contribution is 8.26. The van der Waals surface area contributed by atoms with E-state index in [0.717, 1.165) is 18.9 Å². The molecule has 1 atom stereocenters. The van der Waals surface area contributed by atoms with Gasteiger partial charge in [0, 0.05) is 15.0 Å². The molecular formula is C11H22OS2. The lowest BCUT2D eigenvalue weighted by Gasteiger charge is -2.22. The van der Waals surface area contributed by atoms with E-state index in [4.69, 9.17) is 15.4 Å². The summed E-state index contributed by atoms with van der Waals surface area (Å²) in [7, 11) is -0.190. The average Bonchev–Trinajstić information content (AvgIpc) is 2.18. The van der Waals surface area contributed by atoms with Gasteiger partial charge in [0.2, 0.25) is 0 Å². The summed E-state index contributed by atoms with van der Waals surface area (Å²) in [5.41, 5.74) is 0. The molecule has 0 aliphatic heterocycles. The third-order valence-corrected chi connectivity index (χ3v) is 5.24. The summed E-state index contributed by atoms with van der Waals surface area (Å²) < 4.78 is 5.73. The maximum atomic E-state index is 5.73. The molecule has 1 nitrogen and oxygen atoms in total. The third kappa shape index (κ3) is 4.85. The van der Waals surface area contributed by atoms with Gasteiger partial charge in [-0.1, -0.05) is 33.1 Å². The summed E-state index contributed by atoms with van der Waals surface area (Å²) in [6.07, 6.45) is 7.86. The predicted octanol–water partition coefficient (Wildman–Crippen LogP) is 3.38. The van der Waals surface area contributed by atoms with Gasteiger partial charge in [0.25, 0.3) is 0 Å². The Hall–Kier alpha value is 0.530. The van der Waals surface area contributed by atoms with Gasteiger partial charge < -0.3 is 4.18 Å². The molecule has 3 heteroatoms. The highest BCUT2D eigenvalue weighted by Gasteiger charge is 2.17. The van der Waals surface area contributed by atoms with Crippen LogP contribution < -0.4 is 0 Å². The molecule has 0 bridgehead atoms. The minimum absolute atomic E-state index is 0.190. The smallest absolute Gasteiger partial charge is 0.0619 e. The molecule has 0 N–H and O–H groups in total. The maximum Gasteiger partial charge on any atom is 0.0619 e. The normalized spacial score (nSPS) is 21.4. The van der Waals surface area contributed by atoms with Crippen molar-refractivity contribution in [3.63, 3.8) is 0 Å². The lowest BCUT2D eigenvalue weighted by molar-refractivity contribution is 0.324. The molecule has 84 valence electrons. The van der Waals surface area contributed by atoms with Crippen LogP contribution in [0.5, 0.6) is 0 Å². The third-order valence-electron chi connectivity index (χ3n) is 2.72. The first-order valence-electron chi connectivity index (χ1n) is 5.74. The highest BCUT2D eigenvalue weighted by Crippen LogP contribution is 2.22. The van der Waals surface area contributed by atoms with Gasteiger partial charge in [-0.25, -0.2) is 0 Å². The van der Waals surface area contributed by atoms with E-state index in [2.05, 4.69) is 13.8 Å². The molecule has 1 aliphatic rings. The zero-order valence-corrected chi connectivity index (χ0v) is 11.0. The fourth-order valence-electron chi connectivity index (χ4n) is 1.72. The van der Waals surface area contributed by atoms with Crippen LogP contribution >= 0.6 is 0 Å². The molecule has 14 heavy (non-hydrogen) atoms. The Labute approximate surface area is 95.4 Å². The summed E-state index contributed by atoms with van der Waals surface area (Å²) in [6.45, 7) is 5.32. The van der Waals surface area contributed by atoms with Crippen LogP contribution in [0.1, 0.15) is 52.4 Å². The molecule has 0 aromatic carbocycles. The molecule has 0 spiro atoms. The van der Waals surface area contributed by atoms with Crippen molar-refractivity contribution >= 4 is 20.9 Å². The van der Waals surface area contributed by atoms with Crippen molar-refractivity contribution in [3.8, 4) is 0 Å². The first-order valence-corrected chi connectivity index (χ1v) is 7.88. The van der Waals surface area contributed by atoms with Crippen molar-refractivity contribution in [2.75, 3.05) is 6.61 Å². The van der Waals surface area contributed by atoms with Crippen LogP contribution in [0.15, 0.2) is 0 Å². The predicted molar refractivity (Wildman–Crippen MR) is 67.0 cm³/mol.